The summed E-state index contributed by atoms with van der Waals surface area (Å²) in [6, 6.07) is 10.0. The Hall–Kier alpha value is -2.40. The van der Waals surface area contributed by atoms with Crippen LogP contribution in [-0.4, -0.2) is 29.6 Å². The van der Waals surface area contributed by atoms with Gasteiger partial charge in [-0.3, -0.25) is 0 Å². The Balaban J connectivity index is 2.03. The second kappa shape index (κ2) is 7.66. The number of benzene rings is 1. The number of halogens is 1. The SMILES string of the molecule is C=CCN(Cc1ccccc1)c1nc(C2CC2)nc(C(=O)OC)c1Cl. The normalized spacial score (nSPS) is 13.4. The van der Waals surface area contributed by atoms with Crippen molar-refractivity contribution in [1.82, 2.24) is 9.97 Å². The van der Waals surface area contributed by atoms with E-state index in [1.165, 1.54) is 7.11 Å². The number of rotatable bonds is 7. The third kappa shape index (κ3) is 3.99. The summed E-state index contributed by atoms with van der Waals surface area (Å²) in [5.41, 5.74) is 1.24. The zero-order valence-corrected chi connectivity index (χ0v) is 14.9. The molecule has 0 N–H and O–H groups in total. The van der Waals surface area contributed by atoms with Crippen LogP contribution in [0.4, 0.5) is 5.82 Å². The van der Waals surface area contributed by atoms with Crippen molar-refractivity contribution in [3.05, 3.63) is 65.1 Å². The molecule has 1 aliphatic rings. The molecule has 130 valence electrons. The zero-order valence-electron chi connectivity index (χ0n) is 14.1. The van der Waals surface area contributed by atoms with Gasteiger partial charge in [-0.25, -0.2) is 14.8 Å². The van der Waals surface area contributed by atoms with E-state index in [1.807, 2.05) is 35.2 Å². The fourth-order valence-corrected chi connectivity index (χ4v) is 2.88. The molecular weight excluding hydrogens is 338 g/mol. The average Bonchev–Trinajstić information content (AvgIpc) is 3.47. The highest BCUT2D eigenvalue weighted by Gasteiger charge is 2.31. The van der Waals surface area contributed by atoms with Gasteiger partial charge in [-0.1, -0.05) is 48.0 Å². The number of esters is 1. The lowest BCUT2D eigenvalue weighted by atomic mass is 10.2. The van der Waals surface area contributed by atoms with Gasteiger partial charge in [0.15, 0.2) is 11.5 Å². The number of aromatic nitrogens is 2. The number of hydrogen-bond donors (Lipinski definition) is 0. The van der Waals surface area contributed by atoms with Gasteiger partial charge >= 0.3 is 5.97 Å². The summed E-state index contributed by atoms with van der Waals surface area (Å²) in [6.07, 6.45) is 3.85. The molecule has 1 heterocycles. The van der Waals surface area contributed by atoms with Crippen LogP contribution in [0.2, 0.25) is 5.02 Å². The minimum atomic E-state index is -0.547. The first-order valence-corrected chi connectivity index (χ1v) is 8.57. The first kappa shape index (κ1) is 17.4. The second-order valence-corrected chi connectivity index (χ2v) is 6.37. The molecule has 1 aromatic carbocycles. The fourth-order valence-electron chi connectivity index (χ4n) is 2.60. The molecule has 0 atom stereocenters. The monoisotopic (exact) mass is 357 g/mol. The van der Waals surface area contributed by atoms with E-state index in [0.717, 1.165) is 18.4 Å². The highest BCUT2D eigenvalue weighted by molar-refractivity contribution is 6.35. The molecule has 0 saturated heterocycles. The Kier molecular flexibility index (Phi) is 5.34. The Morgan fingerprint density at radius 3 is 2.68 bits per heavy atom. The summed E-state index contributed by atoms with van der Waals surface area (Å²) >= 11 is 6.47. The van der Waals surface area contributed by atoms with Crippen molar-refractivity contribution in [2.75, 3.05) is 18.6 Å². The third-order valence-corrected chi connectivity index (χ3v) is 4.39. The number of ether oxygens (including phenoxy) is 1. The highest BCUT2D eigenvalue weighted by atomic mass is 35.5. The standard InChI is InChI=1S/C19H20ClN3O2/c1-3-11-23(12-13-7-5-4-6-8-13)18-15(20)16(19(24)25-2)21-17(22-18)14-9-10-14/h3-8,14H,1,9-12H2,2H3. The van der Waals surface area contributed by atoms with Crippen LogP contribution in [0, 0.1) is 0 Å². The van der Waals surface area contributed by atoms with Crippen molar-refractivity contribution in [1.29, 1.82) is 0 Å². The van der Waals surface area contributed by atoms with Crippen molar-refractivity contribution in [3.63, 3.8) is 0 Å². The molecule has 0 amide bonds. The molecule has 0 bridgehead atoms. The van der Waals surface area contributed by atoms with Crippen LogP contribution in [0.5, 0.6) is 0 Å². The quantitative estimate of drug-likeness (QED) is 0.554. The average molecular weight is 358 g/mol. The molecule has 3 rings (SSSR count). The van der Waals surface area contributed by atoms with Crippen LogP contribution in [0.3, 0.4) is 0 Å². The smallest absolute Gasteiger partial charge is 0.358 e. The molecule has 6 heteroatoms. The molecule has 1 aromatic heterocycles. The van der Waals surface area contributed by atoms with E-state index < -0.39 is 5.97 Å². The fraction of sp³-hybridized carbons (Fsp3) is 0.316. The van der Waals surface area contributed by atoms with Crippen LogP contribution < -0.4 is 4.90 Å². The van der Waals surface area contributed by atoms with E-state index in [9.17, 15) is 4.79 Å². The summed E-state index contributed by atoms with van der Waals surface area (Å²) in [6.45, 7) is 4.98. The summed E-state index contributed by atoms with van der Waals surface area (Å²) in [7, 11) is 1.32. The van der Waals surface area contributed by atoms with Crippen molar-refractivity contribution in [2.24, 2.45) is 0 Å². The molecule has 0 radical (unpaired) electrons. The van der Waals surface area contributed by atoms with Crippen LogP contribution >= 0.6 is 11.6 Å². The summed E-state index contributed by atoms with van der Waals surface area (Å²) in [5.74, 6) is 0.945. The number of hydrogen-bond acceptors (Lipinski definition) is 5. The first-order valence-electron chi connectivity index (χ1n) is 8.19. The topological polar surface area (TPSA) is 55.3 Å². The van der Waals surface area contributed by atoms with Crippen molar-refractivity contribution >= 4 is 23.4 Å². The van der Waals surface area contributed by atoms with Crippen LogP contribution in [0.15, 0.2) is 43.0 Å². The maximum absolute atomic E-state index is 12.1. The van der Waals surface area contributed by atoms with E-state index in [0.29, 0.717) is 30.6 Å². The Labute approximate surface area is 152 Å². The molecule has 0 aliphatic heterocycles. The van der Waals surface area contributed by atoms with Crippen molar-refractivity contribution in [3.8, 4) is 0 Å². The van der Waals surface area contributed by atoms with E-state index in [-0.39, 0.29) is 10.7 Å². The molecule has 2 aromatic rings. The number of methoxy groups -OCH3 is 1. The Morgan fingerprint density at radius 2 is 2.08 bits per heavy atom. The first-order chi connectivity index (χ1) is 12.1. The molecule has 5 nitrogen and oxygen atoms in total. The number of nitrogens with zero attached hydrogens (tertiary/aromatic N) is 3. The summed E-state index contributed by atoms with van der Waals surface area (Å²) < 4.78 is 4.83. The number of carbonyl (C=O) groups excluding carboxylic acids is 1. The van der Waals surface area contributed by atoms with Crippen molar-refractivity contribution in [2.45, 2.75) is 25.3 Å². The molecule has 0 unspecified atom stereocenters. The lowest BCUT2D eigenvalue weighted by molar-refractivity contribution is 0.0593. The summed E-state index contributed by atoms with van der Waals surface area (Å²) in [4.78, 5) is 23.1. The van der Waals surface area contributed by atoms with Gasteiger partial charge < -0.3 is 9.64 Å². The largest absolute Gasteiger partial charge is 0.464 e. The third-order valence-electron chi connectivity index (χ3n) is 4.04. The van der Waals surface area contributed by atoms with Gasteiger partial charge in [-0.05, 0) is 18.4 Å². The number of anilines is 1. The minimum absolute atomic E-state index is 0.123. The molecule has 0 spiro atoms. The van der Waals surface area contributed by atoms with E-state index in [1.54, 1.807) is 6.08 Å². The van der Waals surface area contributed by atoms with E-state index in [2.05, 4.69) is 16.5 Å². The predicted molar refractivity (Wildman–Crippen MR) is 98.0 cm³/mol. The minimum Gasteiger partial charge on any atom is -0.464 e. The van der Waals surface area contributed by atoms with Gasteiger partial charge in [0.05, 0.1) is 7.11 Å². The lowest BCUT2D eigenvalue weighted by Gasteiger charge is -2.24. The van der Waals surface area contributed by atoms with Gasteiger partial charge in [-0.15, -0.1) is 6.58 Å². The van der Waals surface area contributed by atoms with Gasteiger partial charge in [0.2, 0.25) is 0 Å². The van der Waals surface area contributed by atoms with Gasteiger partial charge in [0.25, 0.3) is 0 Å². The molecular formula is C19H20ClN3O2. The van der Waals surface area contributed by atoms with Gasteiger partial charge in [0, 0.05) is 19.0 Å². The maximum atomic E-state index is 12.1. The van der Waals surface area contributed by atoms with Crippen LogP contribution in [0.25, 0.3) is 0 Å². The predicted octanol–water partition coefficient (Wildman–Crippen LogP) is 3.99. The lowest BCUT2D eigenvalue weighted by Crippen LogP contribution is -2.26. The van der Waals surface area contributed by atoms with Gasteiger partial charge in [-0.2, -0.15) is 0 Å². The zero-order chi connectivity index (χ0) is 17.8. The highest BCUT2D eigenvalue weighted by Crippen LogP contribution is 2.40. The Bertz CT molecular complexity index is 776. The maximum Gasteiger partial charge on any atom is 0.358 e. The number of carbonyl (C=O) groups is 1. The van der Waals surface area contributed by atoms with E-state index >= 15 is 0 Å². The van der Waals surface area contributed by atoms with Crippen LogP contribution in [-0.2, 0) is 11.3 Å². The van der Waals surface area contributed by atoms with Gasteiger partial charge in [0.1, 0.15) is 10.8 Å². The van der Waals surface area contributed by atoms with E-state index in [4.69, 9.17) is 16.3 Å². The summed E-state index contributed by atoms with van der Waals surface area (Å²) in [5, 5.41) is 0.217. The molecule has 25 heavy (non-hydrogen) atoms. The second-order valence-electron chi connectivity index (χ2n) is 5.99. The molecule has 1 saturated carbocycles. The van der Waals surface area contributed by atoms with Crippen LogP contribution in [0.1, 0.15) is 40.6 Å². The molecule has 1 fully saturated rings. The Morgan fingerprint density at radius 1 is 1.36 bits per heavy atom. The van der Waals surface area contributed by atoms with Crippen molar-refractivity contribution < 1.29 is 9.53 Å². The molecule has 1 aliphatic carbocycles.